The van der Waals surface area contributed by atoms with Crippen LogP contribution >= 0.6 is 0 Å². The molecular formula is C30H44N6O4. The lowest BCUT2D eigenvalue weighted by Crippen LogP contribution is -2.47. The van der Waals surface area contributed by atoms with E-state index in [1.54, 1.807) is 14.0 Å². The molecule has 1 saturated heterocycles. The fourth-order valence-electron chi connectivity index (χ4n) is 5.83. The molecule has 1 aromatic heterocycles. The molecule has 2 aliphatic rings. The van der Waals surface area contributed by atoms with Crippen LogP contribution in [0.15, 0.2) is 35.1 Å². The fourth-order valence-corrected chi connectivity index (χ4v) is 5.83. The molecule has 2 atom stereocenters. The van der Waals surface area contributed by atoms with Crippen molar-refractivity contribution in [2.45, 2.75) is 77.9 Å². The van der Waals surface area contributed by atoms with Crippen molar-refractivity contribution in [1.82, 2.24) is 30.0 Å². The summed E-state index contributed by atoms with van der Waals surface area (Å²) in [6.45, 7) is 8.70. The van der Waals surface area contributed by atoms with Gasteiger partial charge in [-0.1, -0.05) is 63.9 Å². The molecule has 2 fully saturated rings. The normalized spacial score (nSPS) is 19.4. The fraction of sp³-hybridized carbons (Fsp3) is 0.600. The van der Waals surface area contributed by atoms with E-state index in [0.29, 0.717) is 50.4 Å². The molecule has 1 aliphatic carbocycles. The van der Waals surface area contributed by atoms with Crippen LogP contribution in [0.1, 0.15) is 75.8 Å². The molecular weight excluding hydrogens is 508 g/mol. The predicted molar refractivity (Wildman–Crippen MR) is 155 cm³/mol. The Kier molecular flexibility index (Phi) is 10.2. The Morgan fingerprint density at radius 3 is 2.40 bits per heavy atom. The van der Waals surface area contributed by atoms with Gasteiger partial charge in [-0.05, 0) is 18.8 Å². The maximum absolute atomic E-state index is 14.3. The maximum atomic E-state index is 14.3. The number of nitrogens with zero attached hydrogens (tertiary/aromatic N) is 3. The number of rotatable bonds is 10. The highest BCUT2D eigenvalue weighted by molar-refractivity contribution is 5.99. The minimum absolute atomic E-state index is 0.0457. The van der Waals surface area contributed by atoms with E-state index in [9.17, 15) is 19.2 Å². The summed E-state index contributed by atoms with van der Waals surface area (Å²) in [5.41, 5.74) is 1.44. The van der Waals surface area contributed by atoms with Gasteiger partial charge in [-0.25, -0.2) is 4.79 Å². The van der Waals surface area contributed by atoms with E-state index in [1.807, 2.05) is 51.1 Å². The smallest absolute Gasteiger partial charge is 0.329 e. The van der Waals surface area contributed by atoms with Crippen LogP contribution in [-0.2, 0) is 16.1 Å². The van der Waals surface area contributed by atoms with Crippen LogP contribution in [-0.4, -0.2) is 70.5 Å². The molecule has 1 unspecified atom stereocenters. The first kappa shape index (κ1) is 29.6. The number of nitrogens with one attached hydrogen (secondary N) is 3. The van der Waals surface area contributed by atoms with Crippen molar-refractivity contribution < 1.29 is 14.4 Å². The van der Waals surface area contributed by atoms with E-state index in [2.05, 4.69) is 16.0 Å². The monoisotopic (exact) mass is 552 g/mol. The zero-order valence-corrected chi connectivity index (χ0v) is 24.1. The summed E-state index contributed by atoms with van der Waals surface area (Å²) in [5.74, 6) is -0.0828. The standard InChI is InChI=1S/C30H44N6O4/c1-4-25(37)33-23-12-8-9-13-24(23)36-27(22-10-6-5-7-11-22)28(29(39)34-17-14-31-15-18-34)35(30(36)40)19-16-32-26(38)20-21(2)3/h5-7,10-11,21,23-24,31H,4,8-9,12-20H2,1-3H3,(H,32,38)(H,33,37)/t23-,24?/m0/s1. The average Bonchev–Trinajstić information content (AvgIpc) is 3.25. The molecule has 10 nitrogen and oxygen atoms in total. The summed E-state index contributed by atoms with van der Waals surface area (Å²) < 4.78 is 3.32. The third-order valence-electron chi connectivity index (χ3n) is 7.81. The van der Waals surface area contributed by atoms with Gasteiger partial charge in [0.15, 0.2) is 0 Å². The predicted octanol–water partition coefficient (Wildman–Crippen LogP) is 2.53. The molecule has 0 spiro atoms. The third-order valence-corrected chi connectivity index (χ3v) is 7.81. The van der Waals surface area contributed by atoms with Gasteiger partial charge >= 0.3 is 5.69 Å². The van der Waals surface area contributed by atoms with E-state index in [4.69, 9.17) is 0 Å². The summed E-state index contributed by atoms with van der Waals surface area (Å²) in [6.07, 6.45) is 4.17. The van der Waals surface area contributed by atoms with Gasteiger partial charge in [0.2, 0.25) is 11.8 Å². The Morgan fingerprint density at radius 1 is 1.02 bits per heavy atom. The van der Waals surface area contributed by atoms with Gasteiger partial charge in [-0.2, -0.15) is 0 Å². The van der Waals surface area contributed by atoms with Crippen molar-refractivity contribution >= 4 is 17.7 Å². The van der Waals surface area contributed by atoms with Crippen LogP contribution in [0.4, 0.5) is 0 Å². The molecule has 218 valence electrons. The van der Waals surface area contributed by atoms with Crippen molar-refractivity contribution in [3.05, 3.63) is 46.5 Å². The molecule has 1 aliphatic heterocycles. The van der Waals surface area contributed by atoms with Gasteiger partial charge in [0.25, 0.3) is 5.91 Å². The van der Waals surface area contributed by atoms with E-state index in [0.717, 1.165) is 31.2 Å². The highest BCUT2D eigenvalue weighted by Crippen LogP contribution is 2.34. The van der Waals surface area contributed by atoms with Crippen LogP contribution in [0.25, 0.3) is 11.3 Å². The van der Waals surface area contributed by atoms with Crippen molar-refractivity contribution in [3.8, 4) is 11.3 Å². The average molecular weight is 553 g/mol. The van der Waals surface area contributed by atoms with Crippen LogP contribution in [0.2, 0.25) is 0 Å². The molecule has 2 heterocycles. The lowest BCUT2D eigenvalue weighted by molar-refractivity contribution is -0.122. The molecule has 0 bridgehead atoms. The van der Waals surface area contributed by atoms with Crippen molar-refractivity contribution in [1.29, 1.82) is 0 Å². The Labute approximate surface area is 236 Å². The molecule has 3 N–H and O–H groups in total. The minimum Gasteiger partial charge on any atom is -0.354 e. The maximum Gasteiger partial charge on any atom is 0.329 e. The number of hydrogen-bond acceptors (Lipinski definition) is 5. The molecule has 3 amide bonds. The first-order chi connectivity index (χ1) is 19.3. The minimum atomic E-state index is -0.280. The lowest BCUT2D eigenvalue weighted by atomic mass is 9.89. The number of carbonyl (C=O) groups excluding carboxylic acids is 3. The van der Waals surface area contributed by atoms with Crippen molar-refractivity contribution in [3.63, 3.8) is 0 Å². The summed E-state index contributed by atoms with van der Waals surface area (Å²) in [7, 11) is 0. The zero-order chi connectivity index (χ0) is 28.6. The molecule has 0 radical (unpaired) electrons. The lowest BCUT2D eigenvalue weighted by Gasteiger charge is -2.34. The quantitative estimate of drug-likeness (QED) is 0.419. The molecule has 4 rings (SSSR count). The Morgan fingerprint density at radius 2 is 1.73 bits per heavy atom. The van der Waals surface area contributed by atoms with E-state index >= 15 is 0 Å². The highest BCUT2D eigenvalue weighted by atomic mass is 16.2. The highest BCUT2D eigenvalue weighted by Gasteiger charge is 2.36. The van der Waals surface area contributed by atoms with Gasteiger partial charge in [-0.15, -0.1) is 0 Å². The molecule has 10 heteroatoms. The molecule has 2 aromatic rings. The van der Waals surface area contributed by atoms with Crippen LogP contribution in [0, 0.1) is 5.92 Å². The second kappa shape index (κ2) is 13.8. The Balaban J connectivity index is 1.84. The topological polar surface area (TPSA) is 117 Å². The summed E-state index contributed by atoms with van der Waals surface area (Å²) in [4.78, 5) is 55.2. The molecule has 40 heavy (non-hydrogen) atoms. The number of amides is 3. The first-order valence-corrected chi connectivity index (χ1v) is 14.8. The summed E-state index contributed by atoms with van der Waals surface area (Å²) in [6, 6.07) is 9.10. The van der Waals surface area contributed by atoms with E-state index < -0.39 is 0 Å². The summed E-state index contributed by atoms with van der Waals surface area (Å²) in [5, 5.41) is 9.36. The Bertz CT molecular complexity index is 1230. The number of carbonyl (C=O) groups is 3. The number of aromatic nitrogens is 2. The summed E-state index contributed by atoms with van der Waals surface area (Å²) >= 11 is 0. The van der Waals surface area contributed by atoms with Gasteiger partial charge in [0.1, 0.15) is 5.69 Å². The van der Waals surface area contributed by atoms with E-state index in [1.165, 1.54) is 0 Å². The number of imidazole rings is 1. The number of benzene rings is 1. The largest absolute Gasteiger partial charge is 0.354 e. The van der Waals surface area contributed by atoms with Gasteiger partial charge < -0.3 is 20.9 Å². The van der Waals surface area contributed by atoms with Gasteiger partial charge in [0.05, 0.1) is 11.7 Å². The van der Waals surface area contributed by atoms with Crippen molar-refractivity contribution in [2.24, 2.45) is 5.92 Å². The van der Waals surface area contributed by atoms with Gasteiger partial charge in [-0.3, -0.25) is 23.5 Å². The van der Waals surface area contributed by atoms with Crippen LogP contribution in [0.5, 0.6) is 0 Å². The second-order valence-electron chi connectivity index (χ2n) is 11.2. The van der Waals surface area contributed by atoms with Crippen molar-refractivity contribution in [2.75, 3.05) is 32.7 Å². The third kappa shape index (κ3) is 6.83. The number of piperazine rings is 1. The zero-order valence-electron chi connectivity index (χ0n) is 24.1. The first-order valence-electron chi connectivity index (χ1n) is 14.8. The number of hydrogen-bond donors (Lipinski definition) is 3. The van der Waals surface area contributed by atoms with Crippen LogP contribution in [0.3, 0.4) is 0 Å². The second-order valence-corrected chi connectivity index (χ2v) is 11.2. The van der Waals surface area contributed by atoms with Crippen LogP contribution < -0.4 is 21.6 Å². The Hall–Kier alpha value is -3.40. The molecule has 1 aromatic carbocycles. The van der Waals surface area contributed by atoms with E-state index in [-0.39, 0.29) is 54.5 Å². The van der Waals surface area contributed by atoms with Gasteiger partial charge in [0, 0.05) is 63.7 Å². The SMILES string of the molecule is CCC(=O)N[C@H]1CCCCC1n1c(-c2ccccc2)c(C(=O)N2CCNCC2)n(CCNC(=O)CC(C)C)c1=O. The molecule has 1 saturated carbocycles.